The summed E-state index contributed by atoms with van der Waals surface area (Å²) in [6, 6.07) is 10.5. The molecule has 0 saturated carbocycles. The number of halogens is 2. The van der Waals surface area contributed by atoms with Gasteiger partial charge >= 0.3 is 0 Å². The third kappa shape index (κ3) is 2.95. The van der Waals surface area contributed by atoms with Gasteiger partial charge in [0.25, 0.3) is 0 Å². The molecule has 0 saturated heterocycles. The van der Waals surface area contributed by atoms with Crippen LogP contribution < -0.4 is 10.5 Å². The summed E-state index contributed by atoms with van der Waals surface area (Å²) in [6.45, 7) is 0. The van der Waals surface area contributed by atoms with E-state index in [0.29, 0.717) is 5.56 Å². The maximum atomic E-state index is 13.4. The molecule has 0 heterocycles. The molecule has 0 aliphatic carbocycles. The van der Waals surface area contributed by atoms with Crippen LogP contribution in [0, 0.1) is 5.82 Å². The van der Waals surface area contributed by atoms with Crippen LogP contribution in [0.25, 0.3) is 0 Å². The zero-order chi connectivity index (χ0) is 13.8. The first-order chi connectivity index (χ1) is 9.11. The quantitative estimate of drug-likeness (QED) is 0.392. The first kappa shape index (κ1) is 13.2. The van der Waals surface area contributed by atoms with Gasteiger partial charge in [-0.15, -0.1) is 0 Å². The van der Waals surface area contributed by atoms with Gasteiger partial charge < -0.3 is 15.7 Å². The molecule has 0 fully saturated rings. The monoisotopic (exact) mass is 280 g/mol. The highest BCUT2D eigenvalue weighted by molar-refractivity contribution is 6.32. The number of oxime groups is 1. The summed E-state index contributed by atoms with van der Waals surface area (Å²) < 4.78 is 18.8. The van der Waals surface area contributed by atoms with Crippen molar-refractivity contribution in [3.05, 3.63) is 58.9 Å². The lowest BCUT2D eigenvalue weighted by molar-refractivity contribution is 0.318. The van der Waals surface area contributed by atoms with E-state index in [4.69, 9.17) is 27.3 Å². The second-order valence-electron chi connectivity index (χ2n) is 3.66. The minimum absolute atomic E-state index is 0.0701. The third-order valence-corrected chi connectivity index (χ3v) is 2.69. The van der Waals surface area contributed by atoms with Crippen LogP contribution in [-0.4, -0.2) is 11.0 Å². The molecule has 0 atom stereocenters. The van der Waals surface area contributed by atoms with Crippen LogP contribution in [0.4, 0.5) is 4.39 Å². The highest BCUT2D eigenvalue weighted by Gasteiger charge is 2.09. The van der Waals surface area contributed by atoms with E-state index in [1.807, 2.05) is 0 Å². The zero-order valence-corrected chi connectivity index (χ0v) is 10.4. The Bertz CT molecular complexity index is 632. The highest BCUT2D eigenvalue weighted by atomic mass is 35.5. The van der Waals surface area contributed by atoms with Gasteiger partial charge in [-0.25, -0.2) is 4.39 Å². The van der Waals surface area contributed by atoms with Gasteiger partial charge in [0.1, 0.15) is 5.75 Å². The average Bonchev–Trinajstić information content (AvgIpc) is 2.42. The van der Waals surface area contributed by atoms with Crippen LogP contribution in [0.1, 0.15) is 5.56 Å². The van der Waals surface area contributed by atoms with Crippen LogP contribution in [-0.2, 0) is 0 Å². The smallest absolute Gasteiger partial charge is 0.170 e. The van der Waals surface area contributed by atoms with E-state index in [1.54, 1.807) is 18.2 Å². The van der Waals surface area contributed by atoms with Gasteiger partial charge in [0.05, 0.1) is 5.02 Å². The van der Waals surface area contributed by atoms with Crippen molar-refractivity contribution in [3.63, 3.8) is 0 Å². The van der Waals surface area contributed by atoms with E-state index in [1.165, 1.54) is 24.3 Å². The number of nitrogens with two attached hydrogens (primary N) is 1. The van der Waals surface area contributed by atoms with Gasteiger partial charge in [-0.1, -0.05) is 28.9 Å². The zero-order valence-electron chi connectivity index (χ0n) is 9.68. The van der Waals surface area contributed by atoms with Gasteiger partial charge in [0.2, 0.25) is 0 Å². The van der Waals surface area contributed by atoms with Gasteiger partial charge in [-0.3, -0.25) is 0 Å². The molecule has 0 aliphatic heterocycles. The summed E-state index contributed by atoms with van der Waals surface area (Å²) in [7, 11) is 0. The molecule has 2 rings (SSSR count). The fourth-order valence-electron chi connectivity index (χ4n) is 1.45. The van der Waals surface area contributed by atoms with Crippen molar-refractivity contribution >= 4 is 17.4 Å². The number of hydrogen-bond acceptors (Lipinski definition) is 3. The molecule has 6 heteroatoms. The van der Waals surface area contributed by atoms with Crippen LogP contribution >= 0.6 is 11.6 Å². The summed E-state index contributed by atoms with van der Waals surface area (Å²) in [5.41, 5.74) is 5.87. The van der Waals surface area contributed by atoms with Crippen molar-refractivity contribution in [1.82, 2.24) is 0 Å². The number of nitrogens with zero attached hydrogens (tertiary/aromatic N) is 1. The Morgan fingerprint density at radius 3 is 2.58 bits per heavy atom. The van der Waals surface area contributed by atoms with E-state index < -0.39 is 5.82 Å². The summed E-state index contributed by atoms with van der Waals surface area (Å²) >= 11 is 5.99. The molecule has 0 aliphatic rings. The lowest BCUT2D eigenvalue weighted by atomic mass is 10.2. The summed E-state index contributed by atoms with van der Waals surface area (Å²) in [5.74, 6) is -0.208. The van der Waals surface area contributed by atoms with Gasteiger partial charge in [0.15, 0.2) is 17.4 Å². The van der Waals surface area contributed by atoms with E-state index >= 15 is 0 Å². The molecule has 2 aromatic carbocycles. The van der Waals surface area contributed by atoms with Gasteiger partial charge in [-0.05, 0) is 30.3 Å². The number of benzene rings is 2. The van der Waals surface area contributed by atoms with Gasteiger partial charge in [0, 0.05) is 5.56 Å². The average molecular weight is 281 g/mol. The molecule has 0 aromatic heterocycles. The first-order valence-electron chi connectivity index (χ1n) is 5.31. The maximum absolute atomic E-state index is 13.4. The van der Waals surface area contributed by atoms with E-state index in [2.05, 4.69) is 5.16 Å². The van der Waals surface area contributed by atoms with Crippen molar-refractivity contribution < 1.29 is 14.3 Å². The Morgan fingerprint density at radius 1 is 1.21 bits per heavy atom. The molecule has 0 amide bonds. The predicted molar refractivity (Wildman–Crippen MR) is 70.4 cm³/mol. The van der Waals surface area contributed by atoms with Crippen LogP contribution in [0.3, 0.4) is 0 Å². The minimum Gasteiger partial charge on any atom is -0.453 e. The van der Waals surface area contributed by atoms with E-state index in [9.17, 15) is 4.39 Å². The second-order valence-corrected chi connectivity index (χ2v) is 4.07. The molecule has 3 N–H and O–H groups in total. The van der Waals surface area contributed by atoms with E-state index in [-0.39, 0.29) is 22.4 Å². The largest absolute Gasteiger partial charge is 0.453 e. The Morgan fingerprint density at radius 2 is 1.95 bits per heavy atom. The van der Waals surface area contributed by atoms with Crippen molar-refractivity contribution in [2.75, 3.05) is 0 Å². The third-order valence-electron chi connectivity index (χ3n) is 2.39. The SMILES string of the molecule is NC(=NO)c1ccc(Oc2ccccc2F)c(Cl)c1. The second kappa shape index (κ2) is 5.58. The number of ether oxygens (including phenoxy) is 1. The van der Waals surface area contributed by atoms with Crippen LogP contribution in [0.5, 0.6) is 11.5 Å². The standard InChI is InChI=1S/C13H10ClFN2O2/c14-9-7-8(13(16)17-18)5-6-11(9)19-12-4-2-1-3-10(12)15/h1-7,18H,(H2,16,17). The van der Waals surface area contributed by atoms with Crippen molar-refractivity contribution in [2.24, 2.45) is 10.9 Å². The topological polar surface area (TPSA) is 67.8 Å². The highest BCUT2D eigenvalue weighted by Crippen LogP contribution is 2.31. The minimum atomic E-state index is -0.487. The van der Waals surface area contributed by atoms with Crippen molar-refractivity contribution in [3.8, 4) is 11.5 Å². The molecule has 4 nitrogen and oxygen atoms in total. The lowest BCUT2D eigenvalue weighted by Crippen LogP contribution is -2.12. The molecule has 0 radical (unpaired) electrons. The molecule has 2 aromatic rings. The lowest BCUT2D eigenvalue weighted by Gasteiger charge is -2.09. The molecule has 0 unspecified atom stereocenters. The number of para-hydroxylation sites is 1. The number of amidine groups is 1. The fraction of sp³-hybridized carbons (Fsp3) is 0. The fourth-order valence-corrected chi connectivity index (χ4v) is 1.67. The predicted octanol–water partition coefficient (Wildman–Crippen LogP) is 3.37. The Labute approximate surface area is 113 Å². The van der Waals surface area contributed by atoms with Crippen LogP contribution in [0.15, 0.2) is 47.6 Å². The molecule has 0 bridgehead atoms. The molecule has 0 spiro atoms. The summed E-state index contributed by atoms with van der Waals surface area (Å²) in [5, 5.41) is 11.7. The van der Waals surface area contributed by atoms with E-state index in [0.717, 1.165) is 0 Å². The van der Waals surface area contributed by atoms with Gasteiger partial charge in [-0.2, -0.15) is 0 Å². The Hall–Kier alpha value is -2.27. The summed E-state index contributed by atoms with van der Waals surface area (Å²) in [4.78, 5) is 0. The Kier molecular flexibility index (Phi) is 3.87. The number of rotatable bonds is 3. The molecule has 19 heavy (non-hydrogen) atoms. The molecule has 98 valence electrons. The molecular formula is C13H10ClFN2O2. The normalized spacial score (nSPS) is 11.4. The maximum Gasteiger partial charge on any atom is 0.170 e. The van der Waals surface area contributed by atoms with Crippen molar-refractivity contribution in [1.29, 1.82) is 0 Å². The Balaban J connectivity index is 2.30. The van der Waals surface area contributed by atoms with Crippen molar-refractivity contribution in [2.45, 2.75) is 0 Å². The first-order valence-corrected chi connectivity index (χ1v) is 5.69. The molecular weight excluding hydrogens is 271 g/mol. The van der Waals surface area contributed by atoms with Crippen LogP contribution in [0.2, 0.25) is 5.02 Å². The summed E-state index contributed by atoms with van der Waals surface area (Å²) in [6.07, 6.45) is 0. The number of hydrogen-bond donors (Lipinski definition) is 2.